The Bertz CT molecular complexity index is 1520. The first-order chi connectivity index (χ1) is 20.4. The van der Waals surface area contributed by atoms with E-state index in [9.17, 15) is 9.90 Å². The molecule has 0 aliphatic heterocycles. The fourth-order valence-corrected chi connectivity index (χ4v) is 5.27. The van der Waals surface area contributed by atoms with Crippen LogP contribution < -0.4 is 70.7 Å². The number of hydrogen-bond acceptors (Lipinski definition) is 7. The molecule has 43 heavy (non-hydrogen) atoms. The van der Waals surface area contributed by atoms with Gasteiger partial charge in [0, 0.05) is 18.9 Å². The number of rotatable bonds is 11. The number of aromatic nitrogens is 2. The van der Waals surface area contributed by atoms with Crippen molar-refractivity contribution in [3.05, 3.63) is 132 Å². The van der Waals surface area contributed by atoms with E-state index in [1.165, 1.54) is 7.11 Å². The second kappa shape index (κ2) is 14.4. The molecule has 8 nitrogen and oxygen atoms in total. The normalized spacial score (nSPS) is 11.7. The fraction of sp³-hybridized carbons (Fsp3) is 0.176. The first-order valence-electron chi connectivity index (χ1n) is 13.3. The van der Waals surface area contributed by atoms with E-state index in [2.05, 4.69) is 0 Å². The minimum atomic E-state index is -1.29. The summed E-state index contributed by atoms with van der Waals surface area (Å²) in [5, 5.41) is 16.4. The number of benzene rings is 4. The van der Waals surface area contributed by atoms with Gasteiger partial charge < -0.3 is 28.8 Å². The molecule has 1 aromatic heterocycles. The SMILES string of the molecule is COc1ccc(C(c2ccc(OC)cc2)(c2ccc(OC)cc2)n2cc(-c3ccc(C(OC)C(=O)[O-])cc3)cn2)cc1.[K+]. The van der Waals surface area contributed by atoms with Crippen LogP contribution in [0.1, 0.15) is 28.4 Å². The molecule has 4 aromatic carbocycles. The van der Waals surface area contributed by atoms with Gasteiger partial charge >= 0.3 is 51.4 Å². The third-order valence-electron chi connectivity index (χ3n) is 7.45. The number of carbonyl (C=O) groups excluding carboxylic acids is 1. The Hall–Kier alpha value is -3.44. The van der Waals surface area contributed by atoms with E-state index < -0.39 is 17.6 Å². The maximum absolute atomic E-state index is 11.5. The monoisotopic (exact) mass is 602 g/mol. The fourth-order valence-electron chi connectivity index (χ4n) is 5.27. The molecule has 1 atom stereocenters. The Morgan fingerprint density at radius 1 is 0.674 bits per heavy atom. The summed E-state index contributed by atoms with van der Waals surface area (Å²) in [6, 6.07) is 31.0. The number of ether oxygens (including phenoxy) is 4. The predicted molar refractivity (Wildman–Crippen MR) is 157 cm³/mol. The molecule has 0 radical (unpaired) electrons. The molecule has 0 spiro atoms. The summed E-state index contributed by atoms with van der Waals surface area (Å²) < 4.78 is 23.4. The molecular weight excluding hydrogens is 571 g/mol. The first kappa shape index (κ1) is 32.5. The van der Waals surface area contributed by atoms with Crippen LogP contribution in [0.3, 0.4) is 0 Å². The smallest absolute Gasteiger partial charge is 0.547 e. The molecular formula is C34H31KN2O6. The van der Waals surface area contributed by atoms with E-state index in [0.717, 1.165) is 45.1 Å². The zero-order valence-electron chi connectivity index (χ0n) is 24.8. The Kier molecular flexibility index (Phi) is 10.8. The van der Waals surface area contributed by atoms with E-state index in [0.29, 0.717) is 5.56 Å². The van der Waals surface area contributed by atoms with Crippen LogP contribution in [-0.4, -0.2) is 44.2 Å². The molecule has 214 valence electrons. The summed E-state index contributed by atoms with van der Waals surface area (Å²) in [7, 11) is 6.27. The van der Waals surface area contributed by atoms with Crippen molar-refractivity contribution in [2.24, 2.45) is 0 Å². The molecule has 0 bridgehead atoms. The number of carbonyl (C=O) groups is 1. The van der Waals surface area contributed by atoms with Crippen LogP contribution in [-0.2, 0) is 15.1 Å². The maximum atomic E-state index is 11.5. The molecule has 0 amide bonds. The summed E-state index contributed by atoms with van der Waals surface area (Å²) in [6.07, 6.45) is 2.64. The molecule has 0 aliphatic rings. The topological polar surface area (TPSA) is 94.9 Å². The van der Waals surface area contributed by atoms with E-state index in [1.54, 1.807) is 39.7 Å². The summed E-state index contributed by atoms with van der Waals surface area (Å²) in [4.78, 5) is 11.5. The molecule has 0 saturated carbocycles. The van der Waals surface area contributed by atoms with Crippen molar-refractivity contribution >= 4 is 5.97 Å². The van der Waals surface area contributed by atoms with Crippen molar-refractivity contribution in [2.75, 3.05) is 28.4 Å². The molecule has 5 aromatic rings. The summed E-state index contributed by atoms with van der Waals surface area (Å²) >= 11 is 0. The largest absolute Gasteiger partial charge is 1.00 e. The van der Waals surface area contributed by atoms with Gasteiger partial charge in [-0.05, 0) is 64.2 Å². The molecule has 9 heteroatoms. The van der Waals surface area contributed by atoms with Gasteiger partial charge in [0.25, 0.3) is 0 Å². The second-order valence-electron chi connectivity index (χ2n) is 9.63. The van der Waals surface area contributed by atoms with Crippen molar-refractivity contribution in [3.63, 3.8) is 0 Å². The van der Waals surface area contributed by atoms with Gasteiger partial charge in [0.15, 0.2) is 0 Å². The summed E-state index contributed by atoms with van der Waals surface area (Å²) in [5.41, 5.74) is 4.20. The van der Waals surface area contributed by atoms with Crippen LogP contribution in [0.25, 0.3) is 11.1 Å². The molecule has 1 unspecified atom stereocenters. The van der Waals surface area contributed by atoms with Gasteiger partial charge in [-0.2, -0.15) is 5.10 Å². The number of carboxylic acid groups (broad SMARTS) is 1. The van der Waals surface area contributed by atoms with Gasteiger partial charge in [-0.15, -0.1) is 0 Å². The van der Waals surface area contributed by atoms with Gasteiger partial charge in [-0.3, -0.25) is 4.68 Å². The number of methoxy groups -OCH3 is 4. The number of hydrogen-bond donors (Lipinski definition) is 0. The Morgan fingerprint density at radius 3 is 1.44 bits per heavy atom. The van der Waals surface area contributed by atoms with Gasteiger partial charge in [-0.25, -0.2) is 0 Å². The van der Waals surface area contributed by atoms with E-state index in [1.807, 2.05) is 95.8 Å². The van der Waals surface area contributed by atoms with Gasteiger partial charge in [0.05, 0.1) is 33.5 Å². The van der Waals surface area contributed by atoms with Gasteiger partial charge in [0.1, 0.15) is 28.9 Å². The number of aliphatic carboxylic acids is 1. The standard InChI is InChI=1S/C34H32N2O6.K/c1-39-29-15-9-26(10-16-29)34(27-11-17-30(40-2)18-12-27,28-13-19-31(41-3)20-14-28)36-22-25(21-35-36)23-5-7-24(8-6-23)32(42-4)33(37)38;/h5-22,32H,1-4H3,(H,37,38);/q;+1/p-1. The number of nitrogens with zero attached hydrogens (tertiary/aromatic N) is 2. The third kappa shape index (κ3) is 6.42. The van der Waals surface area contributed by atoms with Crippen LogP contribution in [0.2, 0.25) is 0 Å². The minimum Gasteiger partial charge on any atom is -0.547 e. The molecule has 1 heterocycles. The molecule has 5 rings (SSSR count). The van der Waals surface area contributed by atoms with Crippen LogP contribution in [0.15, 0.2) is 109 Å². The van der Waals surface area contributed by atoms with Crippen molar-refractivity contribution in [1.29, 1.82) is 0 Å². The first-order valence-corrected chi connectivity index (χ1v) is 13.3. The van der Waals surface area contributed by atoms with Crippen molar-refractivity contribution in [2.45, 2.75) is 11.6 Å². The Balaban J connectivity index is 0.00000423. The average Bonchev–Trinajstić information content (AvgIpc) is 3.53. The van der Waals surface area contributed by atoms with Crippen molar-refractivity contribution in [3.8, 4) is 28.4 Å². The van der Waals surface area contributed by atoms with E-state index in [-0.39, 0.29) is 51.4 Å². The van der Waals surface area contributed by atoms with Crippen LogP contribution in [0.5, 0.6) is 17.2 Å². The summed E-state index contributed by atoms with van der Waals surface area (Å²) in [5.74, 6) is 0.930. The summed E-state index contributed by atoms with van der Waals surface area (Å²) in [6.45, 7) is 0. The molecule has 0 saturated heterocycles. The van der Waals surface area contributed by atoms with Crippen molar-refractivity contribution in [1.82, 2.24) is 9.78 Å². The van der Waals surface area contributed by atoms with Gasteiger partial charge in [0.2, 0.25) is 0 Å². The molecule has 0 aliphatic carbocycles. The predicted octanol–water partition coefficient (Wildman–Crippen LogP) is 1.86. The zero-order valence-corrected chi connectivity index (χ0v) is 27.9. The maximum Gasteiger partial charge on any atom is 1.00 e. The Morgan fingerprint density at radius 2 is 1.09 bits per heavy atom. The number of carboxylic acids is 1. The second-order valence-corrected chi connectivity index (χ2v) is 9.63. The Labute approximate surface area is 293 Å². The van der Waals surface area contributed by atoms with Crippen LogP contribution >= 0.6 is 0 Å². The van der Waals surface area contributed by atoms with Gasteiger partial charge in [-0.1, -0.05) is 60.7 Å². The van der Waals surface area contributed by atoms with E-state index in [4.69, 9.17) is 24.0 Å². The average molecular weight is 603 g/mol. The quantitative estimate of drug-likeness (QED) is 0.168. The minimum absolute atomic E-state index is 0. The van der Waals surface area contributed by atoms with Crippen LogP contribution in [0, 0.1) is 0 Å². The van der Waals surface area contributed by atoms with E-state index >= 15 is 0 Å². The van der Waals surface area contributed by atoms with Crippen molar-refractivity contribution < 1.29 is 80.2 Å². The van der Waals surface area contributed by atoms with Crippen LogP contribution in [0.4, 0.5) is 0 Å². The third-order valence-corrected chi connectivity index (χ3v) is 7.45. The zero-order chi connectivity index (χ0) is 29.7. The molecule has 0 fully saturated rings. The molecule has 0 N–H and O–H groups in total.